The Bertz CT molecular complexity index is 189. The molecule has 4 heteroatoms. The summed E-state index contributed by atoms with van der Waals surface area (Å²) in [5.74, 6) is 0.121. The van der Waals surface area contributed by atoms with Gasteiger partial charge in [-0.1, -0.05) is 0 Å². The summed E-state index contributed by atoms with van der Waals surface area (Å²) >= 11 is 0. The third kappa shape index (κ3) is 3.27. The van der Waals surface area contributed by atoms with Gasteiger partial charge in [-0.15, -0.1) is 0 Å². The molecule has 0 saturated carbocycles. The average Bonchev–Trinajstić information content (AvgIpc) is 2.18. The van der Waals surface area contributed by atoms with E-state index in [1.165, 1.54) is 0 Å². The van der Waals surface area contributed by atoms with Crippen LogP contribution in [0.4, 0.5) is 0 Å². The molecular formula is C10H20N2O2. The topological polar surface area (TPSA) is 41.6 Å². The monoisotopic (exact) mass is 200 g/mol. The minimum Gasteiger partial charge on any atom is -0.380 e. The maximum absolute atomic E-state index is 11.5. The van der Waals surface area contributed by atoms with Crippen molar-refractivity contribution >= 4 is 5.91 Å². The molecule has 1 aliphatic rings. The van der Waals surface area contributed by atoms with Crippen molar-refractivity contribution < 1.29 is 9.53 Å². The Morgan fingerprint density at radius 1 is 1.57 bits per heavy atom. The van der Waals surface area contributed by atoms with Gasteiger partial charge in [-0.25, -0.2) is 0 Å². The first-order valence-electron chi connectivity index (χ1n) is 5.16. The molecule has 1 N–H and O–H groups in total. The standard InChI is InChI=1S/C10H20N2O2/c1-8(10(13)12(2)3)11-9-5-4-6-14-7-9/h8-9,11H,4-7H2,1-3H3/t8-,9?/m1/s1. The van der Waals surface area contributed by atoms with Crippen LogP contribution in [0.1, 0.15) is 19.8 Å². The van der Waals surface area contributed by atoms with Gasteiger partial charge in [0.25, 0.3) is 0 Å². The zero-order valence-corrected chi connectivity index (χ0v) is 9.25. The maximum atomic E-state index is 11.5. The molecule has 0 aliphatic carbocycles. The molecule has 1 amide bonds. The summed E-state index contributed by atoms with van der Waals surface area (Å²) in [6.07, 6.45) is 2.19. The Labute approximate surface area is 85.6 Å². The SMILES string of the molecule is C[C@@H](NC1CCCOC1)C(=O)N(C)C. The van der Waals surface area contributed by atoms with Crippen LogP contribution in [0.15, 0.2) is 0 Å². The van der Waals surface area contributed by atoms with E-state index in [1.807, 2.05) is 6.92 Å². The highest BCUT2D eigenvalue weighted by atomic mass is 16.5. The summed E-state index contributed by atoms with van der Waals surface area (Å²) in [5, 5.41) is 3.28. The van der Waals surface area contributed by atoms with Crippen molar-refractivity contribution in [2.24, 2.45) is 0 Å². The Kier molecular flexibility index (Phi) is 4.35. The summed E-state index contributed by atoms with van der Waals surface area (Å²) < 4.78 is 5.34. The van der Waals surface area contributed by atoms with Crippen LogP contribution in [-0.2, 0) is 9.53 Å². The molecule has 0 bridgehead atoms. The number of nitrogens with one attached hydrogen (secondary N) is 1. The molecule has 82 valence electrons. The zero-order chi connectivity index (χ0) is 10.6. The molecule has 14 heavy (non-hydrogen) atoms. The van der Waals surface area contributed by atoms with Crippen molar-refractivity contribution in [1.29, 1.82) is 0 Å². The van der Waals surface area contributed by atoms with Crippen molar-refractivity contribution in [1.82, 2.24) is 10.2 Å². The van der Waals surface area contributed by atoms with Crippen molar-refractivity contribution in [2.45, 2.75) is 31.8 Å². The lowest BCUT2D eigenvalue weighted by Crippen LogP contribution is -2.48. The molecule has 1 unspecified atom stereocenters. The lowest BCUT2D eigenvalue weighted by Gasteiger charge is -2.27. The molecule has 1 rings (SSSR count). The molecule has 4 nitrogen and oxygen atoms in total. The molecule has 1 heterocycles. The van der Waals surface area contributed by atoms with Gasteiger partial charge in [0.2, 0.25) is 5.91 Å². The third-order valence-electron chi connectivity index (χ3n) is 2.46. The highest BCUT2D eigenvalue weighted by Gasteiger charge is 2.20. The highest BCUT2D eigenvalue weighted by molar-refractivity contribution is 5.80. The molecule has 1 aliphatic heterocycles. The van der Waals surface area contributed by atoms with Crippen LogP contribution in [0.3, 0.4) is 0 Å². The molecule has 1 fully saturated rings. The predicted octanol–water partition coefficient (Wildman–Crippen LogP) is 0.232. The first-order chi connectivity index (χ1) is 6.61. The van der Waals surface area contributed by atoms with E-state index in [4.69, 9.17) is 4.74 Å². The fourth-order valence-corrected chi connectivity index (χ4v) is 1.68. The molecular weight excluding hydrogens is 180 g/mol. The maximum Gasteiger partial charge on any atom is 0.238 e. The van der Waals surface area contributed by atoms with Gasteiger partial charge in [0, 0.05) is 26.7 Å². The summed E-state index contributed by atoms with van der Waals surface area (Å²) in [5.41, 5.74) is 0. The summed E-state index contributed by atoms with van der Waals surface area (Å²) in [7, 11) is 3.55. The third-order valence-corrected chi connectivity index (χ3v) is 2.46. The van der Waals surface area contributed by atoms with Crippen LogP contribution in [0.5, 0.6) is 0 Å². The Morgan fingerprint density at radius 3 is 2.79 bits per heavy atom. The predicted molar refractivity (Wildman–Crippen MR) is 55.1 cm³/mol. The van der Waals surface area contributed by atoms with Crippen LogP contribution in [0, 0.1) is 0 Å². The van der Waals surface area contributed by atoms with Gasteiger partial charge in [-0.2, -0.15) is 0 Å². The largest absolute Gasteiger partial charge is 0.380 e. The first kappa shape index (κ1) is 11.5. The summed E-state index contributed by atoms with van der Waals surface area (Å²) in [4.78, 5) is 13.2. The fraction of sp³-hybridized carbons (Fsp3) is 0.900. The van der Waals surface area contributed by atoms with Crippen LogP contribution in [0.2, 0.25) is 0 Å². The van der Waals surface area contributed by atoms with Crippen molar-refractivity contribution in [3.8, 4) is 0 Å². The number of hydrogen-bond donors (Lipinski definition) is 1. The van der Waals surface area contributed by atoms with E-state index in [9.17, 15) is 4.79 Å². The van der Waals surface area contributed by atoms with E-state index in [0.717, 1.165) is 26.1 Å². The van der Waals surface area contributed by atoms with Crippen LogP contribution >= 0.6 is 0 Å². The molecule has 0 aromatic heterocycles. The number of rotatable bonds is 3. The molecule has 0 radical (unpaired) electrons. The average molecular weight is 200 g/mol. The van der Waals surface area contributed by atoms with Crippen molar-refractivity contribution in [2.75, 3.05) is 27.3 Å². The normalized spacial score (nSPS) is 24.4. The molecule has 0 aromatic rings. The minimum atomic E-state index is -0.114. The Morgan fingerprint density at radius 2 is 2.29 bits per heavy atom. The van der Waals surface area contributed by atoms with Gasteiger partial charge in [-0.05, 0) is 19.8 Å². The fourth-order valence-electron chi connectivity index (χ4n) is 1.68. The smallest absolute Gasteiger partial charge is 0.238 e. The summed E-state index contributed by atoms with van der Waals surface area (Å²) in [6, 6.07) is 0.222. The highest BCUT2D eigenvalue weighted by Crippen LogP contribution is 2.06. The van der Waals surface area contributed by atoms with Crippen LogP contribution in [0.25, 0.3) is 0 Å². The van der Waals surface area contributed by atoms with Crippen molar-refractivity contribution in [3.63, 3.8) is 0 Å². The first-order valence-corrected chi connectivity index (χ1v) is 5.16. The number of likely N-dealkylation sites (N-methyl/N-ethyl adjacent to an activating group) is 1. The lowest BCUT2D eigenvalue weighted by molar-refractivity contribution is -0.130. The van der Waals surface area contributed by atoms with Gasteiger partial charge < -0.3 is 15.0 Å². The number of nitrogens with zero attached hydrogens (tertiary/aromatic N) is 1. The van der Waals surface area contributed by atoms with Gasteiger partial charge in [0.15, 0.2) is 0 Å². The van der Waals surface area contributed by atoms with Gasteiger partial charge in [-0.3, -0.25) is 4.79 Å². The van der Waals surface area contributed by atoms with E-state index in [2.05, 4.69) is 5.32 Å². The number of ether oxygens (including phenoxy) is 1. The molecule has 0 aromatic carbocycles. The minimum absolute atomic E-state index is 0.114. The number of amides is 1. The van der Waals surface area contributed by atoms with E-state index in [0.29, 0.717) is 6.04 Å². The molecule has 0 spiro atoms. The van der Waals surface area contributed by atoms with Crippen molar-refractivity contribution in [3.05, 3.63) is 0 Å². The Balaban J connectivity index is 2.31. The van der Waals surface area contributed by atoms with Gasteiger partial charge in [0.1, 0.15) is 0 Å². The Hall–Kier alpha value is -0.610. The van der Waals surface area contributed by atoms with E-state index < -0.39 is 0 Å². The molecule has 1 saturated heterocycles. The summed E-state index contributed by atoms with van der Waals surface area (Å²) in [6.45, 7) is 3.48. The second-order valence-electron chi connectivity index (χ2n) is 4.04. The zero-order valence-electron chi connectivity index (χ0n) is 9.25. The quantitative estimate of drug-likeness (QED) is 0.709. The lowest BCUT2D eigenvalue weighted by atomic mass is 10.1. The van der Waals surface area contributed by atoms with Crippen LogP contribution < -0.4 is 5.32 Å². The second-order valence-corrected chi connectivity index (χ2v) is 4.04. The van der Waals surface area contributed by atoms with Gasteiger partial charge in [0.05, 0.1) is 12.6 Å². The van der Waals surface area contributed by atoms with Gasteiger partial charge >= 0.3 is 0 Å². The number of carbonyl (C=O) groups is 1. The van der Waals surface area contributed by atoms with E-state index >= 15 is 0 Å². The van der Waals surface area contributed by atoms with E-state index in [-0.39, 0.29) is 11.9 Å². The van der Waals surface area contributed by atoms with E-state index in [1.54, 1.807) is 19.0 Å². The number of carbonyl (C=O) groups excluding carboxylic acids is 1. The number of hydrogen-bond acceptors (Lipinski definition) is 3. The molecule has 2 atom stereocenters. The second kappa shape index (κ2) is 5.32. The van der Waals surface area contributed by atoms with Crippen LogP contribution in [-0.4, -0.2) is 50.2 Å².